The van der Waals surface area contributed by atoms with Crippen molar-refractivity contribution in [3.63, 3.8) is 0 Å². The number of amides is 2. The highest BCUT2D eigenvalue weighted by molar-refractivity contribution is 5.97. The van der Waals surface area contributed by atoms with Crippen LogP contribution in [-0.2, 0) is 11.2 Å². The van der Waals surface area contributed by atoms with Crippen LogP contribution in [0.5, 0.6) is 0 Å². The van der Waals surface area contributed by atoms with E-state index in [9.17, 15) is 18.4 Å². The van der Waals surface area contributed by atoms with Crippen LogP contribution in [0.1, 0.15) is 65.7 Å². The number of carbonyl (C=O) groups is 2. The Morgan fingerprint density at radius 1 is 1.16 bits per heavy atom. The fraction of sp³-hybridized carbons (Fsp3) is 0.400. The van der Waals surface area contributed by atoms with E-state index in [1.165, 1.54) is 0 Å². The van der Waals surface area contributed by atoms with Gasteiger partial charge in [0, 0.05) is 36.6 Å². The molecule has 0 aromatic heterocycles. The quantitative estimate of drug-likeness (QED) is 0.749. The summed E-state index contributed by atoms with van der Waals surface area (Å²) in [7, 11) is 0. The van der Waals surface area contributed by atoms with Gasteiger partial charge in [0.15, 0.2) is 0 Å². The number of alkyl halides is 2. The lowest BCUT2D eigenvalue weighted by Crippen LogP contribution is -2.38. The highest BCUT2D eigenvalue weighted by Crippen LogP contribution is 2.39. The molecule has 5 nitrogen and oxygen atoms in total. The zero-order valence-electron chi connectivity index (χ0n) is 17.9. The second kappa shape index (κ2) is 8.70. The minimum absolute atomic E-state index is 0.0610. The van der Waals surface area contributed by atoms with Crippen molar-refractivity contribution in [1.29, 1.82) is 5.26 Å². The maximum Gasteiger partial charge on any atom is 0.251 e. The molecule has 1 fully saturated rings. The number of nitrogens with zero attached hydrogens (tertiary/aromatic N) is 2. The maximum atomic E-state index is 13.4. The van der Waals surface area contributed by atoms with Crippen molar-refractivity contribution in [1.82, 2.24) is 5.32 Å². The minimum atomic E-state index is -2.65. The van der Waals surface area contributed by atoms with Crippen LogP contribution < -0.4 is 10.2 Å². The predicted molar refractivity (Wildman–Crippen MR) is 116 cm³/mol. The molecule has 0 unspecified atom stereocenters. The lowest BCUT2D eigenvalue weighted by atomic mass is 9.86. The van der Waals surface area contributed by atoms with Gasteiger partial charge in [-0.15, -0.1) is 0 Å². The van der Waals surface area contributed by atoms with Crippen molar-refractivity contribution in [2.75, 3.05) is 11.4 Å². The molecule has 166 valence electrons. The zero-order valence-corrected chi connectivity index (χ0v) is 17.9. The van der Waals surface area contributed by atoms with E-state index in [2.05, 4.69) is 5.32 Å². The van der Waals surface area contributed by atoms with Crippen LogP contribution in [0, 0.1) is 17.2 Å². The molecule has 1 aliphatic carbocycles. The van der Waals surface area contributed by atoms with Gasteiger partial charge in [0.1, 0.15) is 0 Å². The standard InChI is InChI=1S/C25H25F2N3O2/c1-16(29-23(31)18-4-2-17(15-28)3-5-18)20-6-7-22-21(14-20)10-13-30(22)24(32)19-8-11-25(26,27)12-9-19/h2-7,14,16,19H,8-13H2,1H3,(H,29,31)/t16-/m1/s1. The Morgan fingerprint density at radius 3 is 2.50 bits per heavy atom. The average molecular weight is 437 g/mol. The van der Waals surface area contributed by atoms with Crippen LogP contribution in [-0.4, -0.2) is 24.3 Å². The summed E-state index contributed by atoms with van der Waals surface area (Å²) < 4.78 is 26.9. The van der Waals surface area contributed by atoms with Crippen LogP contribution in [0.15, 0.2) is 42.5 Å². The second-order valence-electron chi connectivity index (χ2n) is 8.64. The van der Waals surface area contributed by atoms with Gasteiger partial charge in [-0.1, -0.05) is 12.1 Å². The van der Waals surface area contributed by atoms with Gasteiger partial charge in [0.05, 0.1) is 17.7 Å². The molecule has 0 saturated heterocycles. The summed E-state index contributed by atoms with van der Waals surface area (Å²) in [6, 6.07) is 14.0. The van der Waals surface area contributed by atoms with Crippen LogP contribution in [0.3, 0.4) is 0 Å². The first-order valence-electron chi connectivity index (χ1n) is 10.9. The van der Waals surface area contributed by atoms with E-state index in [1.807, 2.05) is 31.2 Å². The van der Waals surface area contributed by atoms with Crippen molar-refractivity contribution in [2.45, 2.75) is 51.0 Å². The van der Waals surface area contributed by atoms with Gasteiger partial charge in [0.25, 0.3) is 5.91 Å². The summed E-state index contributed by atoms with van der Waals surface area (Å²) >= 11 is 0. The van der Waals surface area contributed by atoms with Gasteiger partial charge in [-0.3, -0.25) is 9.59 Å². The van der Waals surface area contributed by atoms with E-state index in [4.69, 9.17) is 5.26 Å². The third-order valence-electron chi connectivity index (χ3n) is 6.46. The molecule has 32 heavy (non-hydrogen) atoms. The number of nitrogens with one attached hydrogen (secondary N) is 1. The van der Waals surface area contributed by atoms with E-state index < -0.39 is 5.92 Å². The number of benzene rings is 2. The van der Waals surface area contributed by atoms with Crippen molar-refractivity contribution in [3.05, 3.63) is 64.7 Å². The number of nitriles is 1. The molecule has 4 rings (SSSR count). The third-order valence-corrected chi connectivity index (χ3v) is 6.46. The topological polar surface area (TPSA) is 73.2 Å². The van der Waals surface area contributed by atoms with Crippen molar-refractivity contribution in [2.24, 2.45) is 5.92 Å². The maximum absolute atomic E-state index is 13.4. The van der Waals surface area contributed by atoms with Gasteiger partial charge in [-0.25, -0.2) is 8.78 Å². The van der Waals surface area contributed by atoms with Gasteiger partial charge in [-0.05, 0) is 67.6 Å². The van der Waals surface area contributed by atoms with Crippen LogP contribution in [0.25, 0.3) is 0 Å². The summed E-state index contributed by atoms with van der Waals surface area (Å²) in [5, 5.41) is 11.8. The monoisotopic (exact) mass is 437 g/mol. The number of fused-ring (bicyclic) bond motifs is 1. The Labute approximate surface area is 186 Å². The normalized spacial score (nSPS) is 18.5. The summed E-state index contributed by atoms with van der Waals surface area (Å²) in [4.78, 5) is 27.2. The molecule has 1 heterocycles. The number of hydrogen-bond donors (Lipinski definition) is 1. The molecular formula is C25H25F2N3O2. The molecule has 2 aromatic rings. The summed E-state index contributed by atoms with van der Waals surface area (Å²) in [6.07, 6.45) is 0.718. The highest BCUT2D eigenvalue weighted by Gasteiger charge is 2.39. The minimum Gasteiger partial charge on any atom is -0.346 e. The lowest BCUT2D eigenvalue weighted by molar-refractivity contribution is -0.126. The second-order valence-corrected chi connectivity index (χ2v) is 8.64. The molecule has 2 aromatic carbocycles. The Balaban J connectivity index is 1.42. The van der Waals surface area contributed by atoms with Crippen LogP contribution >= 0.6 is 0 Å². The molecule has 1 aliphatic heterocycles. The number of halogens is 2. The first-order valence-corrected chi connectivity index (χ1v) is 10.9. The lowest BCUT2D eigenvalue weighted by Gasteiger charge is -2.30. The molecule has 1 N–H and O–H groups in total. The summed E-state index contributed by atoms with van der Waals surface area (Å²) in [5.41, 5.74) is 3.76. The number of rotatable bonds is 4. The number of hydrogen-bond acceptors (Lipinski definition) is 3. The number of anilines is 1. The predicted octanol–water partition coefficient (Wildman–Crippen LogP) is 4.76. The van der Waals surface area contributed by atoms with Crippen LogP contribution in [0.2, 0.25) is 0 Å². The van der Waals surface area contributed by atoms with E-state index in [0.717, 1.165) is 16.8 Å². The van der Waals surface area contributed by atoms with Gasteiger partial charge in [0.2, 0.25) is 11.8 Å². The van der Waals surface area contributed by atoms with E-state index in [0.29, 0.717) is 24.1 Å². The fourth-order valence-corrected chi connectivity index (χ4v) is 4.49. The average Bonchev–Trinajstić information content (AvgIpc) is 3.22. The van der Waals surface area contributed by atoms with E-state index >= 15 is 0 Å². The molecule has 7 heteroatoms. The Kier molecular flexibility index (Phi) is 5.96. The highest BCUT2D eigenvalue weighted by atomic mass is 19.3. The fourth-order valence-electron chi connectivity index (χ4n) is 4.49. The first-order chi connectivity index (χ1) is 15.3. The summed E-state index contributed by atoms with van der Waals surface area (Å²) in [6.45, 7) is 2.44. The van der Waals surface area contributed by atoms with Gasteiger partial charge in [-0.2, -0.15) is 5.26 Å². The number of carbonyl (C=O) groups excluding carboxylic acids is 2. The molecule has 0 spiro atoms. The molecule has 1 saturated carbocycles. The summed E-state index contributed by atoms with van der Waals surface area (Å²) in [5.74, 6) is -3.28. The smallest absolute Gasteiger partial charge is 0.251 e. The Morgan fingerprint density at radius 2 is 1.84 bits per heavy atom. The van der Waals surface area contributed by atoms with E-state index in [-0.39, 0.29) is 49.5 Å². The molecule has 2 aliphatic rings. The molecule has 1 atom stereocenters. The van der Waals surface area contributed by atoms with Gasteiger partial charge >= 0.3 is 0 Å². The van der Waals surface area contributed by atoms with E-state index in [1.54, 1.807) is 29.2 Å². The molecule has 0 radical (unpaired) electrons. The zero-order chi connectivity index (χ0) is 22.9. The SMILES string of the molecule is C[C@@H](NC(=O)c1ccc(C#N)cc1)c1ccc2c(c1)CCN2C(=O)C1CCC(F)(F)CC1. The van der Waals surface area contributed by atoms with Crippen molar-refractivity contribution in [3.8, 4) is 6.07 Å². The first kappa shape index (κ1) is 21.9. The Hall–Kier alpha value is -3.27. The van der Waals surface area contributed by atoms with Gasteiger partial charge < -0.3 is 10.2 Å². The van der Waals surface area contributed by atoms with Crippen molar-refractivity contribution >= 4 is 17.5 Å². The Bertz CT molecular complexity index is 1070. The molecular weight excluding hydrogens is 412 g/mol. The van der Waals surface area contributed by atoms with Crippen molar-refractivity contribution < 1.29 is 18.4 Å². The third kappa shape index (κ3) is 4.50. The molecule has 0 bridgehead atoms. The largest absolute Gasteiger partial charge is 0.346 e. The van der Waals surface area contributed by atoms with Crippen LogP contribution in [0.4, 0.5) is 14.5 Å². The molecule has 2 amide bonds.